The Morgan fingerprint density at radius 2 is 2.10 bits per heavy atom. The molecule has 2 aromatic rings. The number of aryl methyl sites for hydroxylation is 2. The molecule has 1 atom stereocenters. The standard InChI is InChI=1S/C16H21BrClN3/c1-5-19-15(12-7-6-8-14(17)10(12)2)9-13-11(3)20-21(4)16(13)18/h6-8,15,19H,5,9H2,1-4H3. The SMILES string of the molecule is CCNC(Cc1c(C)nn(C)c1Cl)c1cccc(Br)c1C. The molecule has 0 aliphatic heterocycles. The molecule has 1 aromatic carbocycles. The number of halogens is 2. The minimum absolute atomic E-state index is 0.230. The molecule has 1 aromatic heterocycles. The van der Waals surface area contributed by atoms with Crippen molar-refractivity contribution >= 4 is 27.5 Å². The molecule has 1 N–H and O–H groups in total. The highest BCUT2D eigenvalue weighted by atomic mass is 79.9. The second kappa shape index (κ2) is 6.95. The fourth-order valence-electron chi connectivity index (χ4n) is 2.65. The molecule has 0 bridgehead atoms. The number of aromatic nitrogens is 2. The lowest BCUT2D eigenvalue weighted by molar-refractivity contribution is 0.546. The third kappa shape index (κ3) is 3.50. The van der Waals surface area contributed by atoms with Crippen molar-refractivity contribution in [3.05, 3.63) is 50.2 Å². The summed E-state index contributed by atoms with van der Waals surface area (Å²) in [5.41, 5.74) is 4.68. The van der Waals surface area contributed by atoms with E-state index in [1.165, 1.54) is 11.1 Å². The van der Waals surface area contributed by atoms with Gasteiger partial charge in [0.2, 0.25) is 0 Å². The minimum atomic E-state index is 0.230. The predicted molar refractivity (Wildman–Crippen MR) is 92.0 cm³/mol. The number of benzene rings is 1. The summed E-state index contributed by atoms with van der Waals surface area (Å²) in [4.78, 5) is 0. The molecule has 1 heterocycles. The normalized spacial score (nSPS) is 12.7. The summed E-state index contributed by atoms with van der Waals surface area (Å²) < 4.78 is 2.88. The van der Waals surface area contributed by atoms with Crippen LogP contribution in [-0.4, -0.2) is 16.3 Å². The number of likely N-dealkylation sites (N-methyl/N-ethyl adjacent to an activating group) is 1. The molecule has 5 heteroatoms. The number of nitrogens with one attached hydrogen (secondary N) is 1. The van der Waals surface area contributed by atoms with Crippen LogP contribution in [0.5, 0.6) is 0 Å². The third-order valence-corrected chi connectivity index (χ3v) is 5.15. The van der Waals surface area contributed by atoms with Gasteiger partial charge in [0.15, 0.2) is 0 Å². The van der Waals surface area contributed by atoms with Crippen LogP contribution >= 0.6 is 27.5 Å². The fourth-order valence-corrected chi connectivity index (χ4v) is 3.28. The van der Waals surface area contributed by atoms with Gasteiger partial charge in [0.1, 0.15) is 5.15 Å². The first-order chi connectivity index (χ1) is 9.95. The van der Waals surface area contributed by atoms with E-state index in [0.717, 1.165) is 33.8 Å². The lowest BCUT2D eigenvalue weighted by Gasteiger charge is -2.21. The van der Waals surface area contributed by atoms with E-state index in [0.29, 0.717) is 0 Å². The molecule has 0 fully saturated rings. The van der Waals surface area contributed by atoms with Crippen LogP contribution in [0.3, 0.4) is 0 Å². The van der Waals surface area contributed by atoms with Crippen molar-refractivity contribution < 1.29 is 0 Å². The van der Waals surface area contributed by atoms with Gasteiger partial charge >= 0.3 is 0 Å². The zero-order chi connectivity index (χ0) is 15.6. The van der Waals surface area contributed by atoms with Crippen LogP contribution in [0.1, 0.15) is 35.3 Å². The molecule has 0 saturated carbocycles. The van der Waals surface area contributed by atoms with Gasteiger partial charge in [-0.05, 0) is 44.0 Å². The van der Waals surface area contributed by atoms with Gasteiger partial charge in [0.25, 0.3) is 0 Å². The Kier molecular flexibility index (Phi) is 5.47. The van der Waals surface area contributed by atoms with Crippen molar-refractivity contribution in [1.82, 2.24) is 15.1 Å². The van der Waals surface area contributed by atoms with Gasteiger partial charge in [-0.25, -0.2) is 0 Å². The smallest absolute Gasteiger partial charge is 0.130 e. The van der Waals surface area contributed by atoms with Crippen molar-refractivity contribution in [3.63, 3.8) is 0 Å². The second-order valence-corrected chi connectivity index (χ2v) is 6.46. The average Bonchev–Trinajstić information content (AvgIpc) is 2.68. The summed E-state index contributed by atoms with van der Waals surface area (Å²) in [6, 6.07) is 6.55. The lowest BCUT2D eigenvalue weighted by atomic mass is 9.95. The summed E-state index contributed by atoms with van der Waals surface area (Å²) in [5.74, 6) is 0. The van der Waals surface area contributed by atoms with E-state index in [1.807, 2.05) is 14.0 Å². The Balaban J connectivity index is 2.38. The topological polar surface area (TPSA) is 29.9 Å². The number of rotatable bonds is 5. The molecule has 0 aliphatic carbocycles. The summed E-state index contributed by atoms with van der Waals surface area (Å²) in [6.45, 7) is 7.19. The number of hydrogen-bond acceptors (Lipinski definition) is 2. The first-order valence-corrected chi connectivity index (χ1v) is 8.29. The molecule has 0 amide bonds. The Morgan fingerprint density at radius 3 is 2.67 bits per heavy atom. The van der Waals surface area contributed by atoms with Gasteiger partial charge in [-0.15, -0.1) is 0 Å². The predicted octanol–water partition coefficient (Wildman–Crippen LogP) is 4.35. The summed E-state index contributed by atoms with van der Waals surface area (Å²) in [6.07, 6.45) is 0.837. The number of nitrogens with zero attached hydrogens (tertiary/aromatic N) is 2. The monoisotopic (exact) mass is 369 g/mol. The highest BCUT2D eigenvalue weighted by Crippen LogP contribution is 2.30. The molecule has 3 nitrogen and oxygen atoms in total. The van der Waals surface area contributed by atoms with Gasteiger partial charge < -0.3 is 5.32 Å². The number of hydrogen-bond donors (Lipinski definition) is 1. The maximum absolute atomic E-state index is 6.38. The third-order valence-electron chi connectivity index (χ3n) is 3.81. The quantitative estimate of drug-likeness (QED) is 0.848. The first-order valence-electron chi connectivity index (χ1n) is 7.12. The molecule has 114 valence electrons. The minimum Gasteiger partial charge on any atom is -0.310 e. The Hall–Kier alpha value is -0.840. The molecule has 2 rings (SSSR count). The van der Waals surface area contributed by atoms with E-state index in [-0.39, 0.29) is 6.04 Å². The van der Waals surface area contributed by atoms with E-state index < -0.39 is 0 Å². The van der Waals surface area contributed by atoms with Crippen LogP contribution in [-0.2, 0) is 13.5 Å². The molecule has 0 spiro atoms. The maximum Gasteiger partial charge on any atom is 0.130 e. The molecule has 21 heavy (non-hydrogen) atoms. The summed E-state index contributed by atoms with van der Waals surface area (Å²) in [5, 5.41) is 8.69. The Bertz CT molecular complexity index is 637. The lowest BCUT2D eigenvalue weighted by Crippen LogP contribution is -2.24. The van der Waals surface area contributed by atoms with E-state index in [2.05, 4.69) is 58.4 Å². The molecular weight excluding hydrogens is 350 g/mol. The van der Waals surface area contributed by atoms with Crippen molar-refractivity contribution in [1.29, 1.82) is 0 Å². The van der Waals surface area contributed by atoms with E-state index >= 15 is 0 Å². The Morgan fingerprint density at radius 1 is 1.38 bits per heavy atom. The fraction of sp³-hybridized carbons (Fsp3) is 0.438. The average molecular weight is 371 g/mol. The van der Waals surface area contributed by atoms with Crippen molar-refractivity contribution in [2.24, 2.45) is 7.05 Å². The zero-order valence-electron chi connectivity index (χ0n) is 12.9. The van der Waals surface area contributed by atoms with E-state index in [1.54, 1.807) is 4.68 Å². The first kappa shape index (κ1) is 16.5. The molecule has 0 aliphatic rings. The maximum atomic E-state index is 6.38. The van der Waals surface area contributed by atoms with Crippen molar-refractivity contribution in [2.75, 3.05) is 6.54 Å². The van der Waals surface area contributed by atoms with E-state index in [4.69, 9.17) is 11.6 Å². The van der Waals surface area contributed by atoms with Gasteiger partial charge in [-0.1, -0.05) is 46.6 Å². The Labute approximate surface area is 139 Å². The molecular formula is C16H21BrClN3. The zero-order valence-corrected chi connectivity index (χ0v) is 15.2. The van der Waals surface area contributed by atoms with Crippen LogP contribution in [0.4, 0.5) is 0 Å². The van der Waals surface area contributed by atoms with E-state index in [9.17, 15) is 0 Å². The van der Waals surface area contributed by atoms with Crippen LogP contribution < -0.4 is 5.32 Å². The van der Waals surface area contributed by atoms with Crippen molar-refractivity contribution in [2.45, 2.75) is 33.2 Å². The summed E-state index contributed by atoms with van der Waals surface area (Å²) >= 11 is 9.99. The summed E-state index contributed by atoms with van der Waals surface area (Å²) in [7, 11) is 1.88. The van der Waals surface area contributed by atoms with Crippen LogP contribution in [0.15, 0.2) is 22.7 Å². The van der Waals surface area contributed by atoms with Gasteiger partial charge in [0, 0.05) is 23.1 Å². The highest BCUT2D eigenvalue weighted by molar-refractivity contribution is 9.10. The second-order valence-electron chi connectivity index (χ2n) is 5.25. The van der Waals surface area contributed by atoms with Crippen LogP contribution in [0.25, 0.3) is 0 Å². The molecule has 0 radical (unpaired) electrons. The molecule has 0 saturated heterocycles. The molecule has 1 unspecified atom stereocenters. The van der Waals surface area contributed by atoms with Crippen molar-refractivity contribution in [3.8, 4) is 0 Å². The largest absolute Gasteiger partial charge is 0.310 e. The van der Waals surface area contributed by atoms with Gasteiger partial charge in [0.05, 0.1) is 5.69 Å². The van der Waals surface area contributed by atoms with Crippen LogP contribution in [0.2, 0.25) is 5.15 Å². The van der Waals surface area contributed by atoms with Gasteiger partial charge in [-0.2, -0.15) is 5.10 Å². The van der Waals surface area contributed by atoms with Crippen LogP contribution in [0, 0.1) is 13.8 Å². The van der Waals surface area contributed by atoms with Gasteiger partial charge in [-0.3, -0.25) is 4.68 Å². The highest BCUT2D eigenvalue weighted by Gasteiger charge is 2.19.